The summed E-state index contributed by atoms with van der Waals surface area (Å²) in [5.41, 5.74) is 0.0583. The van der Waals surface area contributed by atoms with Crippen LogP contribution < -0.4 is 5.32 Å². The van der Waals surface area contributed by atoms with E-state index in [0.29, 0.717) is 12.5 Å². The van der Waals surface area contributed by atoms with Crippen LogP contribution in [0.4, 0.5) is 4.39 Å². The molecule has 0 spiro atoms. The minimum absolute atomic E-state index is 0.00449. The van der Waals surface area contributed by atoms with Crippen LogP contribution in [-0.4, -0.2) is 42.5 Å². The van der Waals surface area contributed by atoms with Crippen molar-refractivity contribution in [2.45, 2.75) is 19.9 Å². The zero-order valence-corrected chi connectivity index (χ0v) is 12.3. The molecule has 19 heavy (non-hydrogen) atoms. The lowest BCUT2D eigenvalue weighted by Crippen LogP contribution is -2.43. The fraction of sp³-hybridized carbons (Fsp3) is 0.538. The van der Waals surface area contributed by atoms with Gasteiger partial charge >= 0.3 is 0 Å². The van der Waals surface area contributed by atoms with Gasteiger partial charge in [-0.2, -0.15) is 0 Å². The standard InChI is InChI=1S/C13H19ClFN3O/c1-8(2)11(18(3)4)7-17-13(19)10-5-9(15)6-16-12(10)14/h5-6,8,11H,7H2,1-4H3,(H,17,19). The van der Waals surface area contributed by atoms with Crippen LogP contribution in [0.2, 0.25) is 5.15 Å². The molecule has 106 valence electrons. The van der Waals surface area contributed by atoms with Crippen LogP contribution in [-0.2, 0) is 0 Å². The van der Waals surface area contributed by atoms with Crippen LogP contribution >= 0.6 is 11.6 Å². The molecule has 4 nitrogen and oxygen atoms in total. The van der Waals surface area contributed by atoms with E-state index in [1.807, 2.05) is 19.0 Å². The van der Waals surface area contributed by atoms with Gasteiger partial charge in [-0.25, -0.2) is 9.37 Å². The Labute approximate surface area is 118 Å². The van der Waals surface area contributed by atoms with Crippen molar-refractivity contribution in [1.82, 2.24) is 15.2 Å². The highest BCUT2D eigenvalue weighted by Crippen LogP contribution is 2.14. The predicted octanol–water partition coefficient (Wildman–Crippen LogP) is 2.19. The van der Waals surface area contributed by atoms with Gasteiger partial charge in [0.25, 0.3) is 5.91 Å². The first-order valence-electron chi connectivity index (χ1n) is 6.08. The molecule has 1 N–H and O–H groups in total. The highest BCUT2D eigenvalue weighted by Gasteiger charge is 2.18. The molecule has 1 atom stereocenters. The highest BCUT2D eigenvalue weighted by molar-refractivity contribution is 6.32. The number of likely N-dealkylation sites (N-methyl/N-ethyl adjacent to an activating group) is 1. The molecule has 1 aromatic heterocycles. The van der Waals surface area contributed by atoms with Crippen molar-refractivity contribution in [3.05, 3.63) is 28.8 Å². The Morgan fingerprint density at radius 3 is 2.68 bits per heavy atom. The quantitative estimate of drug-likeness (QED) is 0.845. The molecule has 1 rings (SSSR count). The monoisotopic (exact) mass is 287 g/mol. The topological polar surface area (TPSA) is 45.2 Å². The molecule has 0 saturated carbocycles. The zero-order chi connectivity index (χ0) is 14.6. The average molecular weight is 288 g/mol. The molecular weight excluding hydrogens is 269 g/mol. The molecule has 0 aromatic carbocycles. The van der Waals surface area contributed by atoms with Gasteiger partial charge in [-0.3, -0.25) is 4.79 Å². The maximum absolute atomic E-state index is 13.1. The third kappa shape index (κ3) is 4.44. The second-order valence-electron chi connectivity index (χ2n) is 4.98. The van der Waals surface area contributed by atoms with Crippen molar-refractivity contribution in [2.75, 3.05) is 20.6 Å². The Hall–Kier alpha value is -1.20. The lowest BCUT2D eigenvalue weighted by molar-refractivity contribution is 0.0934. The fourth-order valence-electron chi connectivity index (χ4n) is 1.89. The number of rotatable bonds is 5. The van der Waals surface area contributed by atoms with Crippen molar-refractivity contribution < 1.29 is 9.18 Å². The van der Waals surface area contributed by atoms with Crippen molar-refractivity contribution >= 4 is 17.5 Å². The summed E-state index contributed by atoms with van der Waals surface area (Å²) in [6.45, 7) is 4.62. The summed E-state index contributed by atoms with van der Waals surface area (Å²) in [6, 6.07) is 1.29. The number of hydrogen-bond acceptors (Lipinski definition) is 3. The summed E-state index contributed by atoms with van der Waals surface area (Å²) >= 11 is 5.78. The molecule has 0 aliphatic heterocycles. The molecule has 0 fully saturated rings. The molecule has 1 amide bonds. The van der Waals surface area contributed by atoms with Gasteiger partial charge < -0.3 is 10.2 Å². The molecule has 1 heterocycles. The average Bonchev–Trinajstić information content (AvgIpc) is 2.31. The molecule has 0 aliphatic rings. The number of nitrogens with one attached hydrogen (secondary N) is 1. The molecule has 0 saturated heterocycles. The number of hydrogen-bond donors (Lipinski definition) is 1. The van der Waals surface area contributed by atoms with Gasteiger partial charge in [-0.15, -0.1) is 0 Å². The van der Waals surface area contributed by atoms with Crippen LogP contribution in [0.3, 0.4) is 0 Å². The van der Waals surface area contributed by atoms with Gasteiger partial charge in [0.1, 0.15) is 11.0 Å². The van der Waals surface area contributed by atoms with Gasteiger partial charge in [0.15, 0.2) is 0 Å². The fourth-order valence-corrected chi connectivity index (χ4v) is 2.08. The number of carbonyl (C=O) groups is 1. The first-order valence-corrected chi connectivity index (χ1v) is 6.46. The third-order valence-electron chi connectivity index (χ3n) is 2.95. The van der Waals surface area contributed by atoms with Crippen molar-refractivity contribution in [1.29, 1.82) is 0 Å². The normalized spacial score (nSPS) is 12.8. The van der Waals surface area contributed by atoms with Gasteiger partial charge in [0.2, 0.25) is 0 Å². The number of carbonyl (C=O) groups excluding carboxylic acids is 1. The minimum atomic E-state index is -0.581. The smallest absolute Gasteiger partial charge is 0.254 e. The summed E-state index contributed by atoms with van der Waals surface area (Å²) < 4.78 is 13.1. The molecule has 0 bridgehead atoms. The van der Waals surface area contributed by atoms with E-state index in [-0.39, 0.29) is 16.8 Å². The molecular formula is C13H19ClFN3O. The van der Waals surface area contributed by atoms with Crippen LogP contribution in [0, 0.1) is 11.7 Å². The van der Waals surface area contributed by atoms with E-state index in [9.17, 15) is 9.18 Å². The second-order valence-corrected chi connectivity index (χ2v) is 5.33. The maximum Gasteiger partial charge on any atom is 0.254 e. The first kappa shape index (κ1) is 15.9. The van der Waals surface area contributed by atoms with Gasteiger partial charge in [0, 0.05) is 12.6 Å². The van der Waals surface area contributed by atoms with Crippen LogP contribution in [0.5, 0.6) is 0 Å². The van der Waals surface area contributed by atoms with Crippen molar-refractivity contribution in [3.63, 3.8) is 0 Å². The summed E-state index contributed by atoms with van der Waals surface area (Å²) in [4.78, 5) is 17.6. The summed E-state index contributed by atoms with van der Waals surface area (Å²) in [7, 11) is 3.90. The van der Waals surface area contributed by atoms with Crippen molar-refractivity contribution in [3.8, 4) is 0 Å². The molecule has 0 radical (unpaired) electrons. The van der Waals surface area contributed by atoms with Gasteiger partial charge in [-0.05, 0) is 26.1 Å². The van der Waals surface area contributed by atoms with Crippen molar-refractivity contribution in [2.24, 2.45) is 5.92 Å². The maximum atomic E-state index is 13.1. The molecule has 1 aromatic rings. The van der Waals surface area contributed by atoms with E-state index in [0.717, 1.165) is 12.3 Å². The Morgan fingerprint density at radius 1 is 1.53 bits per heavy atom. The Morgan fingerprint density at radius 2 is 2.16 bits per heavy atom. The molecule has 6 heteroatoms. The van der Waals surface area contributed by atoms with Gasteiger partial charge in [-0.1, -0.05) is 25.4 Å². The second kappa shape index (κ2) is 6.82. The van der Waals surface area contributed by atoms with E-state index < -0.39 is 11.7 Å². The number of pyridine rings is 1. The van der Waals surface area contributed by atoms with E-state index in [1.54, 1.807) is 0 Å². The number of amides is 1. The molecule has 0 aliphatic carbocycles. The molecule has 1 unspecified atom stereocenters. The van der Waals surface area contributed by atoms with Gasteiger partial charge in [0.05, 0.1) is 11.8 Å². The van der Waals surface area contributed by atoms with Crippen LogP contribution in [0.1, 0.15) is 24.2 Å². The first-order chi connectivity index (χ1) is 8.82. The third-order valence-corrected chi connectivity index (χ3v) is 3.26. The summed E-state index contributed by atoms with van der Waals surface area (Å²) in [6.07, 6.45) is 0.982. The van der Waals surface area contributed by atoms with E-state index in [1.165, 1.54) is 0 Å². The summed E-state index contributed by atoms with van der Waals surface area (Å²) in [5.74, 6) is -0.608. The number of aromatic nitrogens is 1. The van der Waals surface area contributed by atoms with E-state index >= 15 is 0 Å². The van der Waals surface area contributed by atoms with Crippen LogP contribution in [0.15, 0.2) is 12.3 Å². The SMILES string of the molecule is CC(C)C(CNC(=O)c1cc(F)cnc1Cl)N(C)C. The summed E-state index contributed by atoms with van der Waals surface area (Å²) in [5, 5.41) is 2.76. The lowest BCUT2D eigenvalue weighted by atomic mass is 10.0. The zero-order valence-electron chi connectivity index (χ0n) is 11.6. The Bertz CT molecular complexity index is 444. The minimum Gasteiger partial charge on any atom is -0.350 e. The van der Waals surface area contributed by atoms with E-state index in [2.05, 4.69) is 24.1 Å². The largest absolute Gasteiger partial charge is 0.350 e. The predicted molar refractivity (Wildman–Crippen MR) is 73.9 cm³/mol. The Kier molecular flexibility index (Phi) is 5.69. The Balaban J connectivity index is 2.72. The lowest BCUT2D eigenvalue weighted by Gasteiger charge is -2.28. The number of halogens is 2. The van der Waals surface area contributed by atoms with E-state index in [4.69, 9.17) is 11.6 Å². The van der Waals surface area contributed by atoms with Crippen LogP contribution in [0.25, 0.3) is 0 Å². The highest BCUT2D eigenvalue weighted by atomic mass is 35.5. The number of nitrogens with zero attached hydrogens (tertiary/aromatic N) is 2.